The van der Waals surface area contributed by atoms with Gasteiger partial charge in [0.15, 0.2) is 0 Å². The number of fused-ring (bicyclic) bond motifs is 2. The van der Waals surface area contributed by atoms with Crippen molar-refractivity contribution in [2.45, 2.75) is 37.8 Å². The maximum atomic E-state index is 4.67. The third kappa shape index (κ3) is 5.41. The van der Waals surface area contributed by atoms with Gasteiger partial charge in [-0.05, 0) is 47.9 Å². The fourth-order valence-electron chi connectivity index (χ4n) is 5.18. The number of rotatable bonds is 9. The Hall–Kier alpha value is -3.71. The smallest absolute Gasteiger partial charge is 0.231 e. The summed E-state index contributed by atoms with van der Waals surface area (Å²) in [5.74, 6) is 1.81. The van der Waals surface area contributed by atoms with E-state index in [1.54, 1.807) is 12.2 Å². The molecule has 0 amide bonds. The lowest BCUT2D eigenvalue weighted by atomic mass is 9.92. The number of hydrogen-bond donors (Lipinski definition) is 3. The van der Waals surface area contributed by atoms with Gasteiger partial charge in [0, 0.05) is 32.2 Å². The largest absolute Gasteiger partial charge is 0.351 e. The lowest BCUT2D eigenvalue weighted by molar-refractivity contribution is 0.388. The summed E-state index contributed by atoms with van der Waals surface area (Å²) < 4.78 is 0. The first-order valence-corrected chi connectivity index (χ1v) is 12.9. The molecule has 7 nitrogen and oxygen atoms in total. The average Bonchev–Trinajstić information content (AvgIpc) is 3.08. The molecule has 3 aromatic rings. The summed E-state index contributed by atoms with van der Waals surface area (Å²) in [6.07, 6.45) is 7.82. The van der Waals surface area contributed by atoms with E-state index in [-0.39, 0.29) is 6.04 Å². The quantitative estimate of drug-likeness (QED) is 0.388. The highest BCUT2D eigenvalue weighted by Crippen LogP contribution is 2.33. The summed E-state index contributed by atoms with van der Waals surface area (Å²) in [5.41, 5.74) is 5.73. The third-order valence-corrected chi connectivity index (χ3v) is 7.01. The number of anilines is 3. The molecule has 1 aliphatic carbocycles. The minimum Gasteiger partial charge on any atom is -0.351 e. The molecule has 36 heavy (non-hydrogen) atoms. The number of piperidine rings is 1. The van der Waals surface area contributed by atoms with E-state index in [0.29, 0.717) is 37.0 Å². The van der Waals surface area contributed by atoms with E-state index in [4.69, 9.17) is 0 Å². The van der Waals surface area contributed by atoms with Gasteiger partial charge in [0.1, 0.15) is 0 Å². The van der Waals surface area contributed by atoms with Crippen LogP contribution >= 0.6 is 0 Å². The van der Waals surface area contributed by atoms with Crippen molar-refractivity contribution in [3.05, 3.63) is 96.1 Å². The van der Waals surface area contributed by atoms with Gasteiger partial charge in [0.05, 0.1) is 6.04 Å². The molecule has 0 unspecified atom stereocenters. The Balaban J connectivity index is 1.31. The van der Waals surface area contributed by atoms with Crippen LogP contribution in [0.1, 0.15) is 41.1 Å². The first kappa shape index (κ1) is 24.0. The van der Waals surface area contributed by atoms with E-state index in [1.165, 1.54) is 22.3 Å². The second kappa shape index (κ2) is 11.4. The maximum Gasteiger partial charge on any atom is 0.231 e. The van der Waals surface area contributed by atoms with Crippen LogP contribution in [0.4, 0.5) is 17.8 Å². The van der Waals surface area contributed by atoms with Gasteiger partial charge in [-0.15, -0.1) is 13.2 Å². The number of aryl methyl sites for hydroxylation is 2. The summed E-state index contributed by atoms with van der Waals surface area (Å²) >= 11 is 0. The van der Waals surface area contributed by atoms with Crippen LogP contribution in [-0.4, -0.2) is 47.2 Å². The average molecular weight is 482 g/mol. The number of nitrogens with zero attached hydrogens (tertiary/aromatic N) is 4. The van der Waals surface area contributed by atoms with Crippen molar-refractivity contribution in [3.8, 4) is 0 Å². The summed E-state index contributed by atoms with van der Waals surface area (Å²) in [6, 6.07) is 18.5. The Labute approximate surface area is 213 Å². The molecular weight excluding hydrogens is 446 g/mol. The zero-order valence-corrected chi connectivity index (χ0v) is 20.8. The van der Waals surface area contributed by atoms with Crippen LogP contribution in [0, 0.1) is 0 Å². The molecule has 0 bridgehead atoms. The normalized spacial score (nSPS) is 15.9. The second-order valence-electron chi connectivity index (χ2n) is 9.38. The van der Waals surface area contributed by atoms with E-state index in [2.05, 4.69) is 97.5 Å². The molecule has 1 fully saturated rings. The SMILES string of the molecule is C=CCNc1nc(NCC=C)nc(N2CCC(NC3c4ccccc4CCc4ccccc43)CC2)n1. The molecule has 1 aromatic heterocycles. The van der Waals surface area contributed by atoms with Gasteiger partial charge >= 0.3 is 0 Å². The van der Waals surface area contributed by atoms with Gasteiger partial charge in [0.25, 0.3) is 0 Å². The lowest BCUT2D eigenvalue weighted by Crippen LogP contribution is -2.44. The fourth-order valence-corrected chi connectivity index (χ4v) is 5.18. The zero-order valence-electron chi connectivity index (χ0n) is 20.8. The molecular formula is C29H35N7. The number of benzene rings is 2. The Bertz CT molecular complexity index is 1120. The van der Waals surface area contributed by atoms with Gasteiger partial charge in [-0.25, -0.2) is 0 Å². The molecule has 0 radical (unpaired) electrons. The molecule has 2 aromatic carbocycles. The monoisotopic (exact) mass is 481 g/mol. The topological polar surface area (TPSA) is 78.0 Å². The maximum absolute atomic E-state index is 4.67. The standard InChI is InChI=1S/C29H35N7/c1-3-17-30-27-33-28(31-18-4-2)35-29(34-27)36-19-15-23(16-20-36)32-26-24-11-7-5-9-21(24)13-14-22-10-6-8-12-25(22)26/h3-12,23,26,32H,1-2,13-20H2,(H2,30,31,33,34,35). The summed E-state index contributed by atoms with van der Waals surface area (Å²) in [4.78, 5) is 16.1. The Kier molecular flexibility index (Phi) is 7.57. The van der Waals surface area contributed by atoms with Crippen molar-refractivity contribution in [2.24, 2.45) is 0 Å². The van der Waals surface area contributed by atoms with Crippen LogP contribution in [0.2, 0.25) is 0 Å². The first-order chi connectivity index (χ1) is 17.7. The minimum atomic E-state index is 0.220. The molecule has 5 rings (SSSR count). The second-order valence-corrected chi connectivity index (χ2v) is 9.38. The molecule has 186 valence electrons. The van der Waals surface area contributed by atoms with Crippen molar-refractivity contribution >= 4 is 17.8 Å². The molecule has 2 aliphatic rings. The molecule has 3 N–H and O–H groups in total. The number of hydrogen-bond acceptors (Lipinski definition) is 7. The summed E-state index contributed by atoms with van der Waals surface area (Å²) in [5, 5.41) is 10.4. The van der Waals surface area contributed by atoms with E-state index in [9.17, 15) is 0 Å². The van der Waals surface area contributed by atoms with Gasteiger partial charge < -0.3 is 20.9 Å². The fraction of sp³-hybridized carbons (Fsp3) is 0.345. The van der Waals surface area contributed by atoms with E-state index in [0.717, 1.165) is 38.8 Å². The van der Waals surface area contributed by atoms with Gasteiger partial charge in [-0.3, -0.25) is 0 Å². The van der Waals surface area contributed by atoms with E-state index >= 15 is 0 Å². The molecule has 2 heterocycles. The molecule has 1 saturated heterocycles. The highest BCUT2D eigenvalue weighted by molar-refractivity contribution is 5.46. The van der Waals surface area contributed by atoms with Crippen LogP contribution in [0.3, 0.4) is 0 Å². The number of nitrogens with one attached hydrogen (secondary N) is 3. The Morgan fingerprint density at radius 3 is 1.83 bits per heavy atom. The summed E-state index contributed by atoms with van der Waals surface area (Å²) in [6.45, 7) is 10.5. The Morgan fingerprint density at radius 1 is 0.778 bits per heavy atom. The molecule has 0 atom stereocenters. The van der Waals surface area contributed by atoms with Gasteiger partial charge in [-0.1, -0.05) is 60.7 Å². The van der Waals surface area contributed by atoms with Crippen molar-refractivity contribution in [1.29, 1.82) is 0 Å². The lowest BCUT2D eigenvalue weighted by Gasteiger charge is -2.35. The predicted molar refractivity (Wildman–Crippen MR) is 148 cm³/mol. The van der Waals surface area contributed by atoms with Gasteiger partial charge in [-0.2, -0.15) is 15.0 Å². The van der Waals surface area contributed by atoms with Crippen molar-refractivity contribution in [1.82, 2.24) is 20.3 Å². The van der Waals surface area contributed by atoms with Crippen LogP contribution in [0.5, 0.6) is 0 Å². The number of aromatic nitrogens is 3. The van der Waals surface area contributed by atoms with Gasteiger partial charge in [0.2, 0.25) is 17.8 Å². The molecule has 0 spiro atoms. The van der Waals surface area contributed by atoms with E-state index in [1.807, 2.05) is 0 Å². The zero-order chi connectivity index (χ0) is 24.7. The van der Waals surface area contributed by atoms with Crippen LogP contribution < -0.4 is 20.9 Å². The summed E-state index contributed by atoms with van der Waals surface area (Å²) in [7, 11) is 0. The highest BCUT2D eigenvalue weighted by atomic mass is 15.3. The van der Waals surface area contributed by atoms with Crippen molar-refractivity contribution in [2.75, 3.05) is 41.7 Å². The molecule has 7 heteroatoms. The van der Waals surface area contributed by atoms with Crippen LogP contribution in [0.15, 0.2) is 73.8 Å². The molecule has 0 saturated carbocycles. The first-order valence-electron chi connectivity index (χ1n) is 12.9. The van der Waals surface area contributed by atoms with Crippen LogP contribution in [-0.2, 0) is 12.8 Å². The predicted octanol–water partition coefficient (Wildman–Crippen LogP) is 4.51. The van der Waals surface area contributed by atoms with E-state index < -0.39 is 0 Å². The Morgan fingerprint density at radius 2 is 1.31 bits per heavy atom. The van der Waals surface area contributed by atoms with Crippen LogP contribution in [0.25, 0.3) is 0 Å². The highest BCUT2D eigenvalue weighted by Gasteiger charge is 2.28. The van der Waals surface area contributed by atoms with Crippen molar-refractivity contribution < 1.29 is 0 Å². The molecule has 1 aliphatic heterocycles. The van der Waals surface area contributed by atoms with Crippen molar-refractivity contribution in [3.63, 3.8) is 0 Å². The third-order valence-electron chi connectivity index (χ3n) is 7.01. The minimum absolute atomic E-state index is 0.220.